The minimum atomic E-state index is -0.0705. The van der Waals surface area contributed by atoms with Crippen molar-refractivity contribution in [3.8, 4) is 11.1 Å². The van der Waals surface area contributed by atoms with Crippen molar-refractivity contribution < 1.29 is 0 Å². The van der Waals surface area contributed by atoms with Gasteiger partial charge in [-0.15, -0.1) is 0 Å². The Kier molecular flexibility index (Phi) is 5.09. The van der Waals surface area contributed by atoms with E-state index in [9.17, 15) is 0 Å². The fraction of sp³-hybridized carbons (Fsp3) is 0.161. The molecule has 1 aliphatic rings. The Morgan fingerprint density at radius 2 is 1.09 bits per heavy atom. The van der Waals surface area contributed by atoms with Crippen LogP contribution in [0.25, 0.3) is 11.1 Å². The number of hydrogen-bond acceptors (Lipinski definition) is 2. The highest BCUT2D eigenvalue weighted by Gasteiger charge is 2.33. The van der Waals surface area contributed by atoms with Crippen LogP contribution in [-0.4, -0.2) is 0 Å². The van der Waals surface area contributed by atoms with Gasteiger partial charge in [0.15, 0.2) is 0 Å². The third kappa shape index (κ3) is 3.82. The molecule has 1 N–H and O–H groups in total. The van der Waals surface area contributed by atoms with Crippen LogP contribution in [0.3, 0.4) is 0 Å². The second kappa shape index (κ2) is 7.97. The lowest BCUT2D eigenvalue weighted by atomic mass is 9.83. The first kappa shape index (κ1) is 21.1. The highest BCUT2D eigenvalue weighted by Crippen LogP contribution is 2.44. The van der Waals surface area contributed by atoms with Gasteiger partial charge in [-0.2, -0.15) is 0 Å². The predicted octanol–water partition coefficient (Wildman–Crippen LogP) is 8.66. The SMILES string of the molecule is C=C1Nc2ccc(-c3ccc(N(c4ccc(C)cc4)c4ccc(C)cc4)cc3)cc2C1(C)C. The molecule has 4 aromatic rings. The maximum atomic E-state index is 4.21. The molecule has 0 amide bonds. The molecule has 33 heavy (non-hydrogen) atoms. The first-order valence-corrected chi connectivity index (χ1v) is 11.5. The van der Waals surface area contributed by atoms with Gasteiger partial charge in [0.2, 0.25) is 0 Å². The molecule has 4 aromatic carbocycles. The summed E-state index contributed by atoms with van der Waals surface area (Å²) in [6.45, 7) is 12.9. The Hall–Kier alpha value is -3.78. The number of aryl methyl sites for hydroxylation is 2. The fourth-order valence-electron chi connectivity index (χ4n) is 4.47. The summed E-state index contributed by atoms with van der Waals surface area (Å²) < 4.78 is 0. The zero-order chi connectivity index (χ0) is 23.2. The molecule has 0 radical (unpaired) electrons. The predicted molar refractivity (Wildman–Crippen MR) is 142 cm³/mol. The van der Waals surface area contributed by atoms with Crippen LogP contribution in [0.5, 0.6) is 0 Å². The highest BCUT2D eigenvalue weighted by atomic mass is 15.1. The summed E-state index contributed by atoms with van der Waals surface area (Å²) in [4.78, 5) is 2.31. The zero-order valence-electron chi connectivity index (χ0n) is 19.8. The molecule has 164 valence electrons. The Balaban J connectivity index is 1.53. The van der Waals surface area contributed by atoms with Crippen LogP contribution >= 0.6 is 0 Å². The number of nitrogens with one attached hydrogen (secondary N) is 1. The number of nitrogens with zero attached hydrogens (tertiary/aromatic N) is 1. The van der Waals surface area contributed by atoms with Crippen molar-refractivity contribution in [1.29, 1.82) is 0 Å². The lowest BCUT2D eigenvalue weighted by Crippen LogP contribution is -2.16. The van der Waals surface area contributed by atoms with E-state index in [1.165, 1.54) is 27.8 Å². The Morgan fingerprint density at radius 3 is 1.61 bits per heavy atom. The van der Waals surface area contributed by atoms with Gasteiger partial charge in [-0.25, -0.2) is 0 Å². The van der Waals surface area contributed by atoms with Gasteiger partial charge in [0.1, 0.15) is 0 Å². The van der Waals surface area contributed by atoms with Crippen LogP contribution in [0, 0.1) is 13.8 Å². The number of rotatable bonds is 4. The van der Waals surface area contributed by atoms with Gasteiger partial charge >= 0.3 is 0 Å². The molecule has 5 rings (SSSR count). The van der Waals surface area contributed by atoms with Gasteiger partial charge in [0.25, 0.3) is 0 Å². The fourth-order valence-corrected chi connectivity index (χ4v) is 4.47. The van der Waals surface area contributed by atoms with E-state index in [1.807, 2.05) is 0 Å². The lowest BCUT2D eigenvalue weighted by Gasteiger charge is -2.26. The van der Waals surface area contributed by atoms with Crippen LogP contribution < -0.4 is 10.2 Å². The van der Waals surface area contributed by atoms with Crippen molar-refractivity contribution in [1.82, 2.24) is 0 Å². The number of benzene rings is 4. The standard InChI is InChI=1S/C31H30N2/c1-21-6-13-26(14-7-21)33(27-15-8-22(2)9-16-27)28-17-10-24(11-18-28)25-12-19-30-29(20-25)31(4,5)23(3)32-30/h6-20,32H,3H2,1-2,4-5H3. The topological polar surface area (TPSA) is 15.3 Å². The first-order valence-electron chi connectivity index (χ1n) is 11.5. The van der Waals surface area contributed by atoms with Crippen molar-refractivity contribution in [3.63, 3.8) is 0 Å². The van der Waals surface area contributed by atoms with Gasteiger partial charge in [-0.05, 0) is 79.1 Å². The second-order valence-corrected chi connectivity index (χ2v) is 9.54. The quantitative estimate of drug-likeness (QED) is 0.348. The third-order valence-electron chi connectivity index (χ3n) is 6.78. The van der Waals surface area contributed by atoms with E-state index in [2.05, 4.69) is 135 Å². The van der Waals surface area contributed by atoms with Gasteiger partial charge in [0.05, 0.1) is 0 Å². The normalized spacial score (nSPS) is 14.0. The second-order valence-electron chi connectivity index (χ2n) is 9.54. The van der Waals surface area contributed by atoms with Crippen molar-refractivity contribution in [2.75, 3.05) is 10.2 Å². The van der Waals surface area contributed by atoms with Crippen LogP contribution in [0.1, 0.15) is 30.5 Å². The van der Waals surface area contributed by atoms with E-state index < -0.39 is 0 Å². The van der Waals surface area contributed by atoms with Crippen molar-refractivity contribution in [2.24, 2.45) is 0 Å². The van der Waals surface area contributed by atoms with Gasteiger partial charge < -0.3 is 10.2 Å². The summed E-state index contributed by atoms with van der Waals surface area (Å²) in [7, 11) is 0. The van der Waals surface area contributed by atoms with Crippen molar-refractivity contribution >= 4 is 22.7 Å². The number of anilines is 4. The smallest absolute Gasteiger partial charge is 0.0462 e. The first-order chi connectivity index (χ1) is 15.8. The van der Waals surface area contributed by atoms with Crippen LogP contribution in [0.2, 0.25) is 0 Å². The Morgan fingerprint density at radius 1 is 0.636 bits per heavy atom. The van der Waals surface area contributed by atoms with E-state index in [4.69, 9.17) is 0 Å². The van der Waals surface area contributed by atoms with Crippen LogP contribution in [0.4, 0.5) is 22.7 Å². The molecule has 0 saturated heterocycles. The summed E-state index contributed by atoms with van der Waals surface area (Å²) in [6, 6.07) is 32.9. The number of allylic oxidation sites excluding steroid dienone is 1. The molecular weight excluding hydrogens is 400 g/mol. The maximum Gasteiger partial charge on any atom is 0.0462 e. The summed E-state index contributed by atoms with van der Waals surface area (Å²) in [6.07, 6.45) is 0. The molecule has 1 heterocycles. The molecule has 1 aliphatic heterocycles. The lowest BCUT2D eigenvalue weighted by molar-refractivity contribution is 0.657. The van der Waals surface area contributed by atoms with Crippen LogP contribution in [-0.2, 0) is 5.41 Å². The summed E-state index contributed by atoms with van der Waals surface area (Å²) in [5, 5.41) is 3.43. The maximum absolute atomic E-state index is 4.21. The largest absolute Gasteiger partial charge is 0.358 e. The molecule has 0 spiro atoms. The van der Waals surface area contributed by atoms with Crippen LogP contribution in [0.15, 0.2) is 103 Å². The summed E-state index contributed by atoms with van der Waals surface area (Å²) >= 11 is 0. The zero-order valence-corrected chi connectivity index (χ0v) is 19.8. The van der Waals surface area contributed by atoms with Crippen molar-refractivity contribution in [2.45, 2.75) is 33.1 Å². The van der Waals surface area contributed by atoms with Gasteiger partial charge in [-0.3, -0.25) is 0 Å². The Bertz CT molecular complexity index is 1270. The third-order valence-corrected chi connectivity index (χ3v) is 6.78. The average molecular weight is 431 g/mol. The van der Waals surface area contributed by atoms with E-state index in [0.717, 1.165) is 28.4 Å². The molecule has 0 bridgehead atoms. The molecule has 0 unspecified atom stereocenters. The van der Waals surface area contributed by atoms with E-state index >= 15 is 0 Å². The van der Waals surface area contributed by atoms with Crippen molar-refractivity contribution in [3.05, 3.63) is 120 Å². The van der Waals surface area contributed by atoms with Gasteiger partial charge in [0, 0.05) is 33.9 Å². The minimum Gasteiger partial charge on any atom is -0.358 e. The monoisotopic (exact) mass is 430 g/mol. The molecular formula is C31H30N2. The molecule has 0 aliphatic carbocycles. The number of fused-ring (bicyclic) bond motifs is 1. The average Bonchev–Trinajstić information content (AvgIpc) is 3.05. The summed E-state index contributed by atoms with van der Waals surface area (Å²) in [5.41, 5.74) is 11.8. The minimum absolute atomic E-state index is 0.0705. The molecule has 0 aromatic heterocycles. The van der Waals surface area contributed by atoms with E-state index in [1.54, 1.807) is 0 Å². The summed E-state index contributed by atoms with van der Waals surface area (Å²) in [5.74, 6) is 0. The molecule has 2 heteroatoms. The molecule has 2 nitrogen and oxygen atoms in total. The van der Waals surface area contributed by atoms with Gasteiger partial charge in [-0.1, -0.05) is 74.0 Å². The molecule has 0 atom stereocenters. The molecule has 0 saturated carbocycles. The van der Waals surface area contributed by atoms with E-state index in [0.29, 0.717) is 0 Å². The molecule has 0 fully saturated rings. The van der Waals surface area contributed by atoms with E-state index in [-0.39, 0.29) is 5.41 Å². The Labute approximate surface area is 197 Å². The number of hydrogen-bond donors (Lipinski definition) is 1. The highest BCUT2D eigenvalue weighted by molar-refractivity contribution is 5.80.